The van der Waals surface area contributed by atoms with E-state index >= 15 is 0 Å². The molecule has 0 atom stereocenters. The van der Waals surface area contributed by atoms with Crippen LogP contribution >= 0.6 is 11.6 Å². The normalized spacial score (nSPS) is 11.3. The summed E-state index contributed by atoms with van der Waals surface area (Å²) >= 11 is 5.58. The second-order valence-corrected chi connectivity index (χ2v) is 14.0. The molecule has 2 heterocycles. The Morgan fingerprint density at radius 2 is 0.871 bits per heavy atom. The Bertz CT molecular complexity index is 2280. The van der Waals surface area contributed by atoms with Crippen molar-refractivity contribution in [3.8, 4) is 0 Å². The number of aliphatic imine (C=N–C) groups is 1. The Labute approximate surface area is 369 Å². The standard InChI is InChI=1S/C16H13NO2.C9H9NO.C8H9Cl.C8H5NO2.C8H11N.CH4.H4N2/c1-11-6-8-12(9-7-11)10-17-15(18)13-4-2-3-5-14(13)16(17)19;1-8-2-4-9(5-3-8)6-10-7-11;1-7-2-4-8(6-9)5-3-7;10-7-5-3-1-2-4-6(5)8(11)9-7;1-7-2-4-8(6-9)5-3-7;;1-2/h2-9H,10H2,1H3;2-5H,6H2,1H3;2-5H,6H2,1H3;1-4H,(H,9,10,11);2-5H,6,9H2,1H3;1H4;1-2H2. The van der Waals surface area contributed by atoms with Gasteiger partial charge >= 0.3 is 0 Å². The maximum atomic E-state index is 12.2. The van der Waals surface area contributed by atoms with Gasteiger partial charge in [0, 0.05) is 12.4 Å². The Morgan fingerprint density at radius 3 is 1.23 bits per heavy atom. The van der Waals surface area contributed by atoms with Gasteiger partial charge in [-0.1, -0.05) is 151 Å². The van der Waals surface area contributed by atoms with Crippen LogP contribution in [0.15, 0.2) is 151 Å². The summed E-state index contributed by atoms with van der Waals surface area (Å²) in [5.41, 5.74) is 16.7. The van der Waals surface area contributed by atoms with E-state index in [0.29, 0.717) is 47.8 Å². The number of fused-ring (bicyclic) bond motifs is 2. The van der Waals surface area contributed by atoms with E-state index in [0.717, 1.165) is 16.7 Å². The first-order valence-electron chi connectivity index (χ1n) is 19.2. The SMILES string of the molecule is C.Cc1ccc(CCl)cc1.Cc1ccc(CN)cc1.Cc1ccc(CN2C(=O)c3ccccc3C2=O)cc1.Cc1ccc(CN=C=O)cc1.NN.O=C1NC(=O)c2ccccc21. The number of hydrogen-bond acceptors (Lipinski definition) is 9. The van der Waals surface area contributed by atoms with Gasteiger partial charge in [-0.05, 0) is 74.2 Å². The molecule has 0 fully saturated rings. The number of aryl methyl sites for hydroxylation is 4. The second-order valence-electron chi connectivity index (χ2n) is 13.8. The summed E-state index contributed by atoms with van der Waals surface area (Å²) in [4.78, 5) is 60.8. The molecule has 2 aliphatic heterocycles. The highest BCUT2D eigenvalue weighted by atomic mass is 35.5. The number of nitrogens with one attached hydrogen (secondary N) is 1. The molecule has 0 radical (unpaired) electrons. The molecule has 0 saturated carbocycles. The molecule has 8 rings (SSSR count). The highest BCUT2D eigenvalue weighted by molar-refractivity contribution is 6.22. The number of benzene rings is 6. The number of imide groups is 2. The van der Waals surface area contributed by atoms with Crippen LogP contribution < -0.4 is 22.7 Å². The minimum Gasteiger partial charge on any atom is -0.326 e. The molecule has 62 heavy (non-hydrogen) atoms. The monoisotopic (exact) mass is 854 g/mol. The number of nitrogens with zero attached hydrogens (tertiary/aromatic N) is 2. The molecule has 2 aliphatic rings. The lowest BCUT2D eigenvalue weighted by atomic mass is 10.1. The zero-order valence-corrected chi connectivity index (χ0v) is 35.5. The number of carbonyl (C=O) groups excluding carboxylic acids is 5. The van der Waals surface area contributed by atoms with Crippen LogP contribution in [0.5, 0.6) is 0 Å². The number of rotatable bonds is 6. The van der Waals surface area contributed by atoms with Gasteiger partial charge in [0.15, 0.2) is 0 Å². The fraction of sp³-hybridized carbons (Fsp3) is 0.180. The molecule has 0 unspecified atom stereocenters. The first-order chi connectivity index (χ1) is 29.4. The summed E-state index contributed by atoms with van der Waals surface area (Å²) in [6, 6.07) is 45.9. The van der Waals surface area contributed by atoms with Gasteiger partial charge in [0.1, 0.15) is 0 Å². The van der Waals surface area contributed by atoms with Crippen LogP contribution in [0.4, 0.5) is 0 Å². The van der Waals surface area contributed by atoms with E-state index < -0.39 is 0 Å². The zero-order valence-electron chi connectivity index (χ0n) is 34.7. The van der Waals surface area contributed by atoms with Gasteiger partial charge in [-0.25, -0.2) is 9.79 Å². The highest BCUT2D eigenvalue weighted by Gasteiger charge is 2.34. The average molecular weight is 855 g/mol. The fourth-order valence-electron chi connectivity index (χ4n) is 5.59. The molecule has 0 bridgehead atoms. The molecule has 0 saturated heterocycles. The summed E-state index contributed by atoms with van der Waals surface area (Å²) in [5.74, 6) is 7.60. The van der Waals surface area contributed by atoms with Crippen molar-refractivity contribution in [2.75, 3.05) is 0 Å². The van der Waals surface area contributed by atoms with E-state index in [1.165, 1.54) is 38.8 Å². The molecule has 6 aromatic carbocycles. The lowest BCUT2D eigenvalue weighted by Gasteiger charge is -2.13. The summed E-state index contributed by atoms with van der Waals surface area (Å²) in [6.07, 6.45) is 1.51. The van der Waals surface area contributed by atoms with Gasteiger partial charge in [-0.3, -0.25) is 41.1 Å². The van der Waals surface area contributed by atoms with E-state index in [1.54, 1.807) is 48.5 Å². The number of hydrogen-bond donors (Lipinski definition) is 4. The molecule has 0 aromatic heterocycles. The molecule has 11 nitrogen and oxygen atoms in total. The largest absolute Gasteiger partial charge is 0.326 e. The molecule has 322 valence electrons. The minimum atomic E-state index is -0.300. The number of isocyanates is 1. The lowest BCUT2D eigenvalue weighted by Crippen LogP contribution is -2.29. The smallest absolute Gasteiger partial charge is 0.261 e. The molecule has 6 aromatic rings. The Morgan fingerprint density at radius 1 is 0.532 bits per heavy atom. The maximum absolute atomic E-state index is 12.2. The number of alkyl halides is 1. The van der Waals surface area contributed by atoms with Gasteiger partial charge in [-0.15, -0.1) is 11.6 Å². The van der Waals surface area contributed by atoms with Gasteiger partial charge in [0.25, 0.3) is 23.6 Å². The van der Waals surface area contributed by atoms with Crippen LogP contribution in [0.1, 0.15) is 93.4 Å². The third kappa shape index (κ3) is 16.0. The van der Waals surface area contributed by atoms with Crippen LogP contribution in [0, 0.1) is 27.7 Å². The highest BCUT2D eigenvalue weighted by Crippen LogP contribution is 2.24. The van der Waals surface area contributed by atoms with Gasteiger partial charge in [0.05, 0.1) is 35.3 Å². The van der Waals surface area contributed by atoms with Gasteiger partial charge in [-0.2, -0.15) is 0 Å². The van der Waals surface area contributed by atoms with Crippen molar-refractivity contribution in [3.05, 3.63) is 212 Å². The van der Waals surface area contributed by atoms with Gasteiger partial charge in [0.2, 0.25) is 6.08 Å². The third-order valence-electron chi connectivity index (χ3n) is 9.06. The van der Waals surface area contributed by atoms with E-state index in [4.69, 9.17) is 17.3 Å². The van der Waals surface area contributed by atoms with Crippen molar-refractivity contribution in [1.29, 1.82) is 0 Å². The molecular weight excluding hydrogens is 800 g/mol. The van der Waals surface area contributed by atoms with Crippen LogP contribution in [0.2, 0.25) is 0 Å². The first-order valence-corrected chi connectivity index (χ1v) is 19.7. The van der Waals surface area contributed by atoms with E-state index in [-0.39, 0.29) is 31.1 Å². The molecule has 0 spiro atoms. The van der Waals surface area contributed by atoms with Crippen LogP contribution in [0.3, 0.4) is 0 Å². The zero-order chi connectivity index (χ0) is 44.7. The molecule has 0 aliphatic carbocycles. The molecule has 7 N–H and O–H groups in total. The Balaban J connectivity index is 0.000000272. The van der Waals surface area contributed by atoms with E-state index in [1.807, 2.05) is 74.5 Å². The Hall–Kier alpha value is -6.85. The molecule has 4 amide bonds. The molecule has 12 heteroatoms. The number of halogens is 1. The quantitative estimate of drug-likeness (QED) is 0.0319. The third-order valence-corrected chi connectivity index (χ3v) is 9.37. The van der Waals surface area contributed by atoms with Gasteiger partial charge < -0.3 is 5.73 Å². The molecular formula is C50H55ClN6O5. The summed E-state index contributed by atoms with van der Waals surface area (Å²) in [5, 5.41) is 2.20. The number of amides is 4. The average Bonchev–Trinajstić information content (AvgIpc) is 3.72. The van der Waals surface area contributed by atoms with Crippen molar-refractivity contribution in [2.24, 2.45) is 22.4 Å². The number of nitrogens with two attached hydrogens (primary N) is 3. The van der Waals surface area contributed by atoms with Crippen LogP contribution in [-0.4, -0.2) is 34.6 Å². The van der Waals surface area contributed by atoms with Crippen molar-refractivity contribution in [2.45, 2.75) is 60.6 Å². The lowest BCUT2D eigenvalue weighted by molar-refractivity contribution is 0.0641. The van der Waals surface area contributed by atoms with Crippen LogP contribution in [0.25, 0.3) is 0 Å². The number of hydrazine groups is 1. The summed E-state index contributed by atoms with van der Waals surface area (Å²) in [7, 11) is 0. The number of carbonyl (C=O) groups is 4. The van der Waals surface area contributed by atoms with Crippen molar-refractivity contribution in [3.63, 3.8) is 0 Å². The first kappa shape index (κ1) is 51.3. The van der Waals surface area contributed by atoms with E-state index in [2.05, 4.69) is 72.2 Å². The van der Waals surface area contributed by atoms with Crippen molar-refractivity contribution in [1.82, 2.24) is 10.2 Å². The predicted molar refractivity (Wildman–Crippen MR) is 248 cm³/mol. The minimum absolute atomic E-state index is 0. The van der Waals surface area contributed by atoms with Crippen LogP contribution in [-0.2, 0) is 30.3 Å². The predicted octanol–water partition coefficient (Wildman–Crippen LogP) is 8.83. The summed E-state index contributed by atoms with van der Waals surface area (Å²) in [6.45, 7) is 9.56. The topological polar surface area (TPSA) is 191 Å². The second kappa shape index (κ2) is 27.1. The fourth-order valence-corrected chi connectivity index (χ4v) is 5.77. The maximum Gasteiger partial charge on any atom is 0.261 e. The summed E-state index contributed by atoms with van der Waals surface area (Å²) < 4.78 is 0. The Kier molecular flexibility index (Phi) is 22.4. The van der Waals surface area contributed by atoms with Crippen molar-refractivity contribution < 1.29 is 24.0 Å². The van der Waals surface area contributed by atoms with Crippen molar-refractivity contribution >= 4 is 41.3 Å². The van der Waals surface area contributed by atoms with E-state index in [9.17, 15) is 24.0 Å².